The molecule has 0 spiro atoms. The van der Waals surface area contributed by atoms with E-state index in [1.54, 1.807) is 0 Å². The molecular weight excluding hydrogens is 185 g/mol. The van der Waals surface area contributed by atoms with Gasteiger partial charge in [0.1, 0.15) is 11.6 Å². The molecule has 0 saturated heterocycles. The van der Waals surface area contributed by atoms with Gasteiger partial charge >= 0.3 is 7.32 Å². The molecule has 0 heterocycles. The van der Waals surface area contributed by atoms with Gasteiger partial charge in [0.25, 0.3) is 0 Å². The van der Waals surface area contributed by atoms with Crippen molar-refractivity contribution in [3.8, 4) is 5.75 Å². The third-order valence-electron chi connectivity index (χ3n) is 1.13. The van der Waals surface area contributed by atoms with Gasteiger partial charge in [-0.05, 0) is 18.2 Å². The summed E-state index contributed by atoms with van der Waals surface area (Å²) < 4.78 is 16.8. The Labute approximate surface area is 73.5 Å². The van der Waals surface area contributed by atoms with Crippen molar-refractivity contribution < 1.29 is 19.1 Å². The lowest BCUT2D eigenvalue weighted by atomic mass is 10.2. The second-order valence-corrected chi connectivity index (χ2v) is 2.43. The van der Waals surface area contributed by atoms with Gasteiger partial charge in [0.05, 0.1) is 5.02 Å². The molecule has 6 heteroatoms. The van der Waals surface area contributed by atoms with Gasteiger partial charge in [0, 0.05) is 0 Å². The van der Waals surface area contributed by atoms with Gasteiger partial charge < -0.3 is 14.7 Å². The maximum absolute atomic E-state index is 12.4. The highest BCUT2D eigenvalue weighted by Crippen LogP contribution is 2.24. The first-order chi connectivity index (χ1) is 5.59. The van der Waals surface area contributed by atoms with Crippen LogP contribution in [-0.2, 0) is 0 Å². The molecule has 2 N–H and O–H groups in total. The zero-order chi connectivity index (χ0) is 9.14. The van der Waals surface area contributed by atoms with Crippen molar-refractivity contribution in [3.05, 3.63) is 29.0 Å². The highest BCUT2D eigenvalue weighted by molar-refractivity contribution is 6.36. The molecule has 3 nitrogen and oxygen atoms in total. The Hall–Kier alpha value is -0.775. The average molecular weight is 190 g/mol. The van der Waals surface area contributed by atoms with Gasteiger partial charge in [-0.25, -0.2) is 4.39 Å². The van der Waals surface area contributed by atoms with Crippen molar-refractivity contribution in [1.29, 1.82) is 0 Å². The smallest absolute Gasteiger partial charge is 0.511 e. The van der Waals surface area contributed by atoms with Gasteiger partial charge in [-0.3, -0.25) is 0 Å². The summed E-state index contributed by atoms with van der Waals surface area (Å²) >= 11 is 5.49. The summed E-state index contributed by atoms with van der Waals surface area (Å²) in [4.78, 5) is 0. The normalized spacial score (nSPS) is 9.67. The average Bonchev–Trinajstić information content (AvgIpc) is 1.94. The molecule has 1 rings (SSSR count). The molecule has 0 aromatic heterocycles. The molecule has 1 aromatic carbocycles. The van der Waals surface area contributed by atoms with Crippen molar-refractivity contribution in [2.75, 3.05) is 0 Å². The van der Waals surface area contributed by atoms with E-state index < -0.39 is 13.1 Å². The van der Waals surface area contributed by atoms with E-state index in [0.29, 0.717) is 0 Å². The summed E-state index contributed by atoms with van der Waals surface area (Å²) in [5.41, 5.74) is 0. The third-order valence-corrected chi connectivity index (χ3v) is 1.42. The fourth-order valence-corrected chi connectivity index (χ4v) is 0.896. The number of hydrogen-bond donors (Lipinski definition) is 2. The minimum Gasteiger partial charge on any atom is -0.511 e. The van der Waals surface area contributed by atoms with Crippen LogP contribution in [0.4, 0.5) is 4.39 Å². The molecule has 0 fully saturated rings. The zero-order valence-corrected chi connectivity index (χ0v) is 6.62. The number of hydrogen-bond acceptors (Lipinski definition) is 3. The van der Waals surface area contributed by atoms with E-state index in [4.69, 9.17) is 21.6 Å². The van der Waals surface area contributed by atoms with E-state index >= 15 is 0 Å². The van der Waals surface area contributed by atoms with E-state index in [1.165, 1.54) is 6.07 Å². The van der Waals surface area contributed by atoms with E-state index in [2.05, 4.69) is 4.65 Å². The van der Waals surface area contributed by atoms with Crippen LogP contribution in [0.5, 0.6) is 5.75 Å². The third kappa shape index (κ3) is 2.37. The summed E-state index contributed by atoms with van der Waals surface area (Å²) in [6, 6.07) is 3.32. The Bertz CT molecular complexity index is 281. The molecule has 0 aliphatic heterocycles. The standard InChI is InChI=1S/C6H5BClFO3/c8-5-3-4(9)1-2-6(5)12-7(10)11/h1-3,10-11H. The lowest BCUT2D eigenvalue weighted by Gasteiger charge is -2.05. The van der Waals surface area contributed by atoms with Crippen molar-refractivity contribution in [2.45, 2.75) is 0 Å². The maximum Gasteiger partial charge on any atom is 0.707 e. The second-order valence-electron chi connectivity index (χ2n) is 2.02. The Morgan fingerprint density at radius 2 is 2.08 bits per heavy atom. The Morgan fingerprint density at radius 3 is 2.58 bits per heavy atom. The summed E-state index contributed by atoms with van der Waals surface area (Å²) in [7, 11) is -1.95. The number of halogens is 2. The molecule has 0 amide bonds. The van der Waals surface area contributed by atoms with Gasteiger partial charge in [0.2, 0.25) is 0 Å². The van der Waals surface area contributed by atoms with Gasteiger partial charge in [-0.2, -0.15) is 0 Å². The lowest BCUT2D eigenvalue weighted by Crippen LogP contribution is -2.20. The van der Waals surface area contributed by atoms with Crippen LogP contribution >= 0.6 is 11.6 Å². The van der Waals surface area contributed by atoms with Gasteiger partial charge in [-0.15, -0.1) is 0 Å². The first kappa shape index (κ1) is 9.31. The molecular formula is C6H5BClFO3. The van der Waals surface area contributed by atoms with Crippen molar-refractivity contribution >= 4 is 18.9 Å². The fourth-order valence-electron chi connectivity index (χ4n) is 0.684. The zero-order valence-electron chi connectivity index (χ0n) is 5.87. The van der Waals surface area contributed by atoms with E-state index in [0.717, 1.165) is 12.1 Å². The van der Waals surface area contributed by atoms with E-state index in [1.807, 2.05) is 0 Å². The van der Waals surface area contributed by atoms with Crippen molar-refractivity contribution in [3.63, 3.8) is 0 Å². The minimum atomic E-state index is -1.95. The summed E-state index contributed by atoms with van der Waals surface area (Å²) in [5.74, 6) is -0.493. The van der Waals surface area contributed by atoms with Crippen LogP contribution < -0.4 is 4.65 Å². The molecule has 0 saturated carbocycles. The highest BCUT2D eigenvalue weighted by atomic mass is 35.5. The van der Waals surface area contributed by atoms with Crippen LogP contribution in [0, 0.1) is 5.82 Å². The Kier molecular flexibility index (Phi) is 2.91. The van der Waals surface area contributed by atoms with E-state index in [-0.39, 0.29) is 10.8 Å². The van der Waals surface area contributed by atoms with Crippen molar-refractivity contribution in [1.82, 2.24) is 0 Å². The molecule has 0 unspecified atom stereocenters. The topological polar surface area (TPSA) is 49.7 Å². The van der Waals surface area contributed by atoms with Crippen LogP contribution in [0.3, 0.4) is 0 Å². The number of rotatable bonds is 2. The number of benzene rings is 1. The Morgan fingerprint density at radius 1 is 1.42 bits per heavy atom. The first-order valence-electron chi connectivity index (χ1n) is 3.07. The molecule has 1 aromatic rings. The van der Waals surface area contributed by atoms with Crippen LogP contribution in [0.2, 0.25) is 5.02 Å². The first-order valence-corrected chi connectivity index (χ1v) is 3.45. The molecule has 0 aliphatic rings. The maximum atomic E-state index is 12.4. The summed E-state index contributed by atoms with van der Waals surface area (Å²) in [6.07, 6.45) is 0. The molecule has 0 aliphatic carbocycles. The van der Waals surface area contributed by atoms with Crippen molar-refractivity contribution in [2.24, 2.45) is 0 Å². The lowest BCUT2D eigenvalue weighted by molar-refractivity contribution is 0.288. The molecule has 0 radical (unpaired) electrons. The fraction of sp³-hybridized carbons (Fsp3) is 0. The summed E-state index contributed by atoms with van der Waals surface area (Å²) in [6.45, 7) is 0. The summed E-state index contributed by atoms with van der Waals surface area (Å²) in [5, 5.41) is 16.7. The highest BCUT2D eigenvalue weighted by Gasteiger charge is 2.13. The van der Waals surface area contributed by atoms with Gasteiger partial charge in [0.15, 0.2) is 0 Å². The minimum absolute atomic E-state index is 0.0110. The SMILES string of the molecule is OB(O)Oc1ccc(F)cc1Cl. The molecule has 0 atom stereocenters. The van der Waals surface area contributed by atoms with Gasteiger partial charge in [-0.1, -0.05) is 11.6 Å². The molecule has 0 bridgehead atoms. The largest absolute Gasteiger partial charge is 0.707 e. The molecule has 12 heavy (non-hydrogen) atoms. The predicted molar refractivity (Wildman–Crippen MR) is 42.2 cm³/mol. The monoisotopic (exact) mass is 190 g/mol. The van der Waals surface area contributed by atoms with Crippen LogP contribution in [0.25, 0.3) is 0 Å². The molecule has 64 valence electrons. The Balaban J connectivity index is 2.86. The predicted octanol–water partition coefficient (Wildman–Crippen LogP) is 0.827. The second kappa shape index (κ2) is 3.75. The van der Waals surface area contributed by atoms with Crippen LogP contribution in [0.15, 0.2) is 18.2 Å². The van der Waals surface area contributed by atoms with E-state index in [9.17, 15) is 4.39 Å². The quantitative estimate of drug-likeness (QED) is 0.679. The van der Waals surface area contributed by atoms with Crippen LogP contribution in [-0.4, -0.2) is 17.4 Å². The van der Waals surface area contributed by atoms with Crippen LogP contribution in [0.1, 0.15) is 0 Å².